The van der Waals surface area contributed by atoms with Gasteiger partial charge >= 0.3 is 5.97 Å². The molecule has 9 heavy (non-hydrogen) atoms. The van der Waals surface area contributed by atoms with Crippen LogP contribution in [0, 0.1) is 5.92 Å². The van der Waals surface area contributed by atoms with Gasteiger partial charge in [0.05, 0.1) is 0 Å². The summed E-state index contributed by atoms with van der Waals surface area (Å²) in [7, 11) is 0. The molecule has 4 nitrogen and oxygen atoms in total. The van der Waals surface area contributed by atoms with Crippen molar-refractivity contribution in [1.29, 1.82) is 0 Å². The molecule has 0 saturated heterocycles. The van der Waals surface area contributed by atoms with E-state index in [2.05, 4.69) is 0 Å². The van der Waals surface area contributed by atoms with Gasteiger partial charge in [0.15, 0.2) is 0 Å². The molecule has 0 aromatic heterocycles. The molecule has 52 valence electrons. The van der Waals surface area contributed by atoms with Crippen LogP contribution in [0.5, 0.6) is 0 Å². The summed E-state index contributed by atoms with van der Waals surface area (Å²) < 4.78 is 0. The molecule has 0 saturated carbocycles. The minimum absolute atomic E-state index is 0.527. The van der Waals surface area contributed by atoms with E-state index < -0.39 is 17.9 Å². The number of hydrogen-bond donors (Lipinski definition) is 2. The Hall–Kier alpha value is -0.900. The Morgan fingerprint density at radius 1 is 1.78 bits per heavy atom. The number of carbonyl (C=O) groups excluding carboxylic acids is 1. The lowest BCUT2D eigenvalue weighted by Gasteiger charge is -2.06. The van der Waals surface area contributed by atoms with Gasteiger partial charge in [0, 0.05) is 5.92 Å². The molecule has 4 heteroatoms. The average molecular weight is 131 g/mol. The molecule has 0 amide bonds. The first-order valence-corrected chi connectivity index (χ1v) is 2.53. The number of carboxylic acid groups (broad SMARTS) is 1. The van der Waals surface area contributed by atoms with E-state index in [9.17, 15) is 9.59 Å². The van der Waals surface area contributed by atoms with Gasteiger partial charge in [0.2, 0.25) is 0 Å². The predicted octanol–water partition coefficient (Wildman–Crippen LogP) is -0.767. The third-order valence-corrected chi connectivity index (χ3v) is 1.07. The third-order valence-electron chi connectivity index (χ3n) is 1.07. The zero-order valence-corrected chi connectivity index (χ0v) is 5.07. The normalized spacial score (nSPS) is 16.2. The molecule has 3 N–H and O–H groups in total. The van der Waals surface area contributed by atoms with Crippen LogP contribution < -0.4 is 5.73 Å². The molecule has 0 aromatic rings. The Morgan fingerprint density at radius 2 is 2.22 bits per heavy atom. The van der Waals surface area contributed by atoms with Crippen LogP contribution in [0.2, 0.25) is 0 Å². The highest BCUT2D eigenvalue weighted by molar-refractivity contribution is 5.77. The van der Waals surface area contributed by atoms with Gasteiger partial charge in [-0.05, 0) is 0 Å². The molecule has 0 bridgehead atoms. The Kier molecular flexibility index (Phi) is 2.87. The van der Waals surface area contributed by atoms with Crippen LogP contribution in [0.4, 0.5) is 0 Å². The van der Waals surface area contributed by atoms with Crippen LogP contribution in [-0.4, -0.2) is 23.4 Å². The van der Waals surface area contributed by atoms with Gasteiger partial charge in [-0.1, -0.05) is 6.92 Å². The number of nitrogens with two attached hydrogens (primary N) is 1. The summed E-state index contributed by atoms with van der Waals surface area (Å²) in [6.07, 6.45) is 0.527. The maximum absolute atomic E-state index is 10.0. The Balaban J connectivity index is 3.86. The summed E-state index contributed by atoms with van der Waals surface area (Å²) in [5.41, 5.74) is 5.04. The van der Waals surface area contributed by atoms with E-state index in [1.165, 1.54) is 6.92 Å². The molecular formula is C5H9NO3. The van der Waals surface area contributed by atoms with E-state index in [-0.39, 0.29) is 0 Å². The zero-order chi connectivity index (χ0) is 7.44. The van der Waals surface area contributed by atoms with Crippen LogP contribution in [0.15, 0.2) is 0 Å². The highest BCUT2D eigenvalue weighted by Gasteiger charge is 2.18. The molecule has 2 atom stereocenters. The van der Waals surface area contributed by atoms with Gasteiger partial charge in [-0.3, -0.25) is 4.79 Å². The van der Waals surface area contributed by atoms with Gasteiger partial charge in [0.25, 0.3) is 0 Å². The van der Waals surface area contributed by atoms with Crippen LogP contribution in [0.25, 0.3) is 0 Å². The lowest BCUT2D eigenvalue weighted by atomic mass is 10.1. The second kappa shape index (κ2) is 3.19. The maximum atomic E-state index is 10.0. The minimum atomic E-state index is -1.14. The Morgan fingerprint density at radius 3 is 2.33 bits per heavy atom. The molecule has 0 heterocycles. The highest BCUT2D eigenvalue weighted by atomic mass is 16.4. The highest BCUT2D eigenvalue weighted by Crippen LogP contribution is 1.94. The number of rotatable bonds is 3. The zero-order valence-electron chi connectivity index (χ0n) is 5.07. The Bertz CT molecular complexity index is 123. The summed E-state index contributed by atoms with van der Waals surface area (Å²) in [6, 6.07) is -1.07. The van der Waals surface area contributed by atoms with Crippen molar-refractivity contribution in [1.82, 2.24) is 0 Å². The quantitative estimate of drug-likeness (QED) is 0.493. The summed E-state index contributed by atoms with van der Waals surface area (Å²) in [4.78, 5) is 19.9. The molecule has 0 aromatic carbocycles. The summed E-state index contributed by atoms with van der Waals surface area (Å²) in [6.45, 7) is 1.46. The van der Waals surface area contributed by atoms with Crippen LogP contribution >= 0.6 is 0 Å². The van der Waals surface area contributed by atoms with Crippen LogP contribution in [0.1, 0.15) is 6.92 Å². The van der Waals surface area contributed by atoms with Crippen molar-refractivity contribution in [2.75, 3.05) is 0 Å². The number of carboxylic acids is 1. The monoisotopic (exact) mass is 131 g/mol. The second-order valence-corrected chi connectivity index (χ2v) is 1.86. The van der Waals surface area contributed by atoms with Crippen molar-refractivity contribution < 1.29 is 14.7 Å². The van der Waals surface area contributed by atoms with E-state index in [1.54, 1.807) is 0 Å². The van der Waals surface area contributed by atoms with Crippen molar-refractivity contribution >= 4 is 12.3 Å². The minimum Gasteiger partial charge on any atom is -0.480 e. The molecule has 0 rings (SSSR count). The fraction of sp³-hybridized carbons (Fsp3) is 0.600. The van der Waals surface area contributed by atoms with Crippen molar-refractivity contribution in [2.45, 2.75) is 13.0 Å². The first-order chi connectivity index (χ1) is 4.09. The second-order valence-electron chi connectivity index (χ2n) is 1.86. The van der Waals surface area contributed by atoms with Crippen molar-refractivity contribution in [3.05, 3.63) is 0 Å². The molecule has 0 radical (unpaired) electrons. The fourth-order valence-electron chi connectivity index (χ4n) is 0.310. The van der Waals surface area contributed by atoms with Crippen molar-refractivity contribution in [2.24, 2.45) is 11.7 Å². The van der Waals surface area contributed by atoms with Gasteiger partial charge < -0.3 is 15.6 Å². The smallest absolute Gasteiger partial charge is 0.321 e. The van der Waals surface area contributed by atoms with E-state index in [0.717, 1.165) is 0 Å². The number of aldehydes is 1. The van der Waals surface area contributed by atoms with Gasteiger partial charge in [0.1, 0.15) is 12.3 Å². The SMILES string of the molecule is C[C@@H](C=O)[C@@H](N)C(=O)O. The van der Waals surface area contributed by atoms with Gasteiger partial charge in [-0.15, -0.1) is 0 Å². The lowest BCUT2D eigenvalue weighted by molar-refractivity contribution is -0.140. The third kappa shape index (κ3) is 2.23. The standard InChI is InChI=1S/C5H9NO3/c1-3(2-7)4(6)5(8)9/h2-4H,6H2,1H3,(H,8,9)/t3-,4+/m0/s1. The first kappa shape index (κ1) is 8.10. The van der Waals surface area contributed by atoms with Crippen molar-refractivity contribution in [3.63, 3.8) is 0 Å². The molecule has 0 aliphatic heterocycles. The molecular weight excluding hydrogens is 122 g/mol. The van der Waals surface area contributed by atoms with Crippen LogP contribution in [-0.2, 0) is 9.59 Å². The van der Waals surface area contributed by atoms with E-state index in [4.69, 9.17) is 10.8 Å². The van der Waals surface area contributed by atoms with Gasteiger partial charge in [-0.2, -0.15) is 0 Å². The predicted molar refractivity (Wildman–Crippen MR) is 30.8 cm³/mol. The summed E-state index contributed by atoms with van der Waals surface area (Å²) in [5, 5.41) is 8.20. The average Bonchev–Trinajstić information content (AvgIpc) is 1.84. The van der Waals surface area contributed by atoms with Crippen LogP contribution in [0.3, 0.4) is 0 Å². The largest absolute Gasteiger partial charge is 0.480 e. The molecule has 0 fully saturated rings. The van der Waals surface area contributed by atoms with E-state index >= 15 is 0 Å². The number of aliphatic carboxylic acids is 1. The molecule has 0 aliphatic carbocycles. The molecule has 0 aliphatic rings. The molecule has 0 unspecified atom stereocenters. The van der Waals surface area contributed by atoms with E-state index in [1.807, 2.05) is 0 Å². The first-order valence-electron chi connectivity index (χ1n) is 2.53. The lowest BCUT2D eigenvalue weighted by Crippen LogP contribution is -2.37. The summed E-state index contributed by atoms with van der Waals surface area (Å²) in [5.74, 6) is -1.75. The Labute approximate surface area is 52.7 Å². The molecule has 0 spiro atoms. The number of carbonyl (C=O) groups is 2. The topological polar surface area (TPSA) is 80.4 Å². The summed E-state index contributed by atoms with van der Waals surface area (Å²) >= 11 is 0. The van der Waals surface area contributed by atoms with E-state index in [0.29, 0.717) is 6.29 Å². The van der Waals surface area contributed by atoms with Crippen molar-refractivity contribution in [3.8, 4) is 0 Å². The fourth-order valence-corrected chi connectivity index (χ4v) is 0.310. The number of hydrogen-bond acceptors (Lipinski definition) is 3. The van der Waals surface area contributed by atoms with Gasteiger partial charge in [-0.25, -0.2) is 0 Å². The maximum Gasteiger partial charge on any atom is 0.321 e.